The number of rotatable bonds is 3. The van der Waals surface area contributed by atoms with Crippen molar-refractivity contribution in [3.8, 4) is 0 Å². The topological polar surface area (TPSA) is 54.2 Å². The first-order chi connectivity index (χ1) is 11.8. The number of aromatic nitrogens is 3. The van der Waals surface area contributed by atoms with Crippen molar-refractivity contribution in [2.24, 2.45) is 5.92 Å². The van der Waals surface area contributed by atoms with Crippen LogP contribution in [0.15, 0.2) is 18.3 Å². The van der Waals surface area contributed by atoms with E-state index in [-0.39, 0.29) is 5.02 Å². The minimum Gasteiger partial charge on any atom is -0.386 e. The molecular formula is C16H16ClF3N4O. The lowest BCUT2D eigenvalue weighted by Crippen LogP contribution is -2.34. The fourth-order valence-electron chi connectivity index (χ4n) is 3.09. The molecule has 0 amide bonds. The third-order valence-corrected chi connectivity index (χ3v) is 4.92. The van der Waals surface area contributed by atoms with Crippen molar-refractivity contribution in [1.82, 2.24) is 14.8 Å². The van der Waals surface area contributed by atoms with Crippen molar-refractivity contribution >= 4 is 17.4 Å². The van der Waals surface area contributed by atoms with Gasteiger partial charge in [0.15, 0.2) is 0 Å². The zero-order valence-corrected chi connectivity index (χ0v) is 13.9. The molecule has 1 atom stereocenters. The van der Waals surface area contributed by atoms with Gasteiger partial charge in [0.2, 0.25) is 0 Å². The summed E-state index contributed by atoms with van der Waals surface area (Å²) in [5.41, 5.74) is 0.683. The first kappa shape index (κ1) is 16.7. The Kier molecular flexibility index (Phi) is 3.92. The molecule has 0 saturated heterocycles. The second-order valence-corrected chi connectivity index (χ2v) is 6.92. The van der Waals surface area contributed by atoms with E-state index in [4.69, 9.17) is 11.6 Å². The smallest absolute Gasteiger partial charge is 0.386 e. The van der Waals surface area contributed by atoms with Crippen LogP contribution >= 0.6 is 11.6 Å². The van der Waals surface area contributed by atoms with Gasteiger partial charge in [0.05, 0.1) is 35.1 Å². The molecule has 0 spiro atoms. The van der Waals surface area contributed by atoms with Gasteiger partial charge in [-0.05, 0) is 30.9 Å². The van der Waals surface area contributed by atoms with Crippen LogP contribution in [-0.4, -0.2) is 26.4 Å². The van der Waals surface area contributed by atoms with Gasteiger partial charge in [0.1, 0.15) is 11.9 Å². The number of nitrogens with zero attached hydrogens (tertiary/aromatic N) is 4. The molecule has 3 heterocycles. The van der Waals surface area contributed by atoms with E-state index in [9.17, 15) is 18.3 Å². The Morgan fingerprint density at radius 2 is 2.00 bits per heavy atom. The molecule has 4 rings (SSSR count). The highest BCUT2D eigenvalue weighted by molar-refractivity contribution is 6.33. The number of pyridine rings is 1. The molecule has 1 fully saturated rings. The Morgan fingerprint density at radius 1 is 1.24 bits per heavy atom. The van der Waals surface area contributed by atoms with E-state index in [0.29, 0.717) is 37.1 Å². The van der Waals surface area contributed by atoms with E-state index >= 15 is 0 Å². The molecular weight excluding hydrogens is 357 g/mol. The highest BCUT2D eigenvalue weighted by atomic mass is 35.5. The van der Waals surface area contributed by atoms with Crippen molar-refractivity contribution in [1.29, 1.82) is 0 Å². The SMILES string of the molecule is OC(c1cc2n(n1)CCN(c1ncc(C(F)(F)F)cc1Cl)C2)C1CC1. The lowest BCUT2D eigenvalue weighted by Gasteiger charge is -2.29. The van der Waals surface area contributed by atoms with Gasteiger partial charge in [0, 0.05) is 12.7 Å². The average molecular weight is 373 g/mol. The monoisotopic (exact) mass is 372 g/mol. The fourth-order valence-corrected chi connectivity index (χ4v) is 3.37. The number of hydrogen-bond acceptors (Lipinski definition) is 4. The number of halogens is 4. The minimum absolute atomic E-state index is 0.0268. The van der Waals surface area contributed by atoms with Crippen LogP contribution in [0.3, 0.4) is 0 Å². The van der Waals surface area contributed by atoms with Crippen molar-refractivity contribution < 1.29 is 18.3 Å². The van der Waals surface area contributed by atoms with E-state index in [1.165, 1.54) is 0 Å². The van der Waals surface area contributed by atoms with E-state index in [1.807, 2.05) is 15.6 Å². The summed E-state index contributed by atoms with van der Waals surface area (Å²) >= 11 is 6.03. The third-order valence-electron chi connectivity index (χ3n) is 4.64. The minimum atomic E-state index is -4.47. The second-order valence-electron chi connectivity index (χ2n) is 6.51. The number of aliphatic hydroxyl groups excluding tert-OH is 1. The van der Waals surface area contributed by atoms with Crippen LogP contribution in [0, 0.1) is 5.92 Å². The molecule has 25 heavy (non-hydrogen) atoms. The first-order valence-corrected chi connectivity index (χ1v) is 8.43. The van der Waals surface area contributed by atoms with Crippen LogP contribution in [0.2, 0.25) is 5.02 Å². The van der Waals surface area contributed by atoms with Crippen molar-refractivity contribution in [3.63, 3.8) is 0 Å². The molecule has 1 N–H and O–H groups in total. The lowest BCUT2D eigenvalue weighted by atomic mass is 10.1. The summed E-state index contributed by atoms with van der Waals surface area (Å²) in [6.45, 7) is 1.53. The standard InChI is InChI=1S/C16H16ClF3N4O/c17-12-5-10(16(18,19)20)7-21-15(12)23-3-4-24-11(8-23)6-13(22-24)14(25)9-1-2-9/h5-7,9,14,25H,1-4,8H2. The molecule has 0 aromatic carbocycles. The number of alkyl halides is 3. The maximum absolute atomic E-state index is 12.7. The third kappa shape index (κ3) is 3.20. The van der Waals surface area contributed by atoms with E-state index < -0.39 is 17.8 Å². The largest absolute Gasteiger partial charge is 0.417 e. The Balaban J connectivity index is 1.56. The normalized spacial score (nSPS) is 19.0. The van der Waals surface area contributed by atoms with Gasteiger partial charge in [-0.2, -0.15) is 18.3 Å². The van der Waals surface area contributed by atoms with Crippen molar-refractivity contribution in [2.75, 3.05) is 11.4 Å². The van der Waals surface area contributed by atoms with E-state index in [1.54, 1.807) is 0 Å². The summed E-state index contributed by atoms with van der Waals surface area (Å²) in [6, 6.07) is 2.76. The fraction of sp³-hybridized carbons (Fsp3) is 0.500. The highest BCUT2D eigenvalue weighted by Gasteiger charge is 2.34. The van der Waals surface area contributed by atoms with Gasteiger partial charge in [-0.25, -0.2) is 4.98 Å². The molecule has 0 bridgehead atoms. The van der Waals surface area contributed by atoms with Gasteiger partial charge in [0.25, 0.3) is 0 Å². The molecule has 1 saturated carbocycles. The number of anilines is 1. The van der Waals surface area contributed by atoms with Crippen LogP contribution in [0.5, 0.6) is 0 Å². The summed E-state index contributed by atoms with van der Waals surface area (Å²) < 4.78 is 40.0. The summed E-state index contributed by atoms with van der Waals surface area (Å²) in [5, 5.41) is 14.6. The zero-order valence-electron chi connectivity index (χ0n) is 13.2. The number of hydrogen-bond donors (Lipinski definition) is 1. The molecule has 2 aromatic rings. The summed E-state index contributed by atoms with van der Waals surface area (Å²) in [7, 11) is 0. The van der Waals surface area contributed by atoms with Gasteiger partial charge in [-0.1, -0.05) is 11.6 Å². The Bertz CT molecular complexity index is 803. The van der Waals surface area contributed by atoms with Crippen LogP contribution in [0.25, 0.3) is 0 Å². The van der Waals surface area contributed by atoms with Crippen molar-refractivity contribution in [3.05, 3.63) is 40.3 Å². The number of aliphatic hydroxyl groups is 1. The lowest BCUT2D eigenvalue weighted by molar-refractivity contribution is -0.137. The second kappa shape index (κ2) is 5.88. The van der Waals surface area contributed by atoms with E-state index in [2.05, 4.69) is 10.1 Å². The maximum atomic E-state index is 12.7. The summed E-state index contributed by atoms with van der Waals surface area (Å²) in [4.78, 5) is 5.74. The summed E-state index contributed by atoms with van der Waals surface area (Å²) in [6.07, 6.45) is -2.18. The van der Waals surface area contributed by atoms with Crippen LogP contribution < -0.4 is 4.90 Å². The molecule has 9 heteroatoms. The van der Waals surface area contributed by atoms with Gasteiger partial charge >= 0.3 is 6.18 Å². The number of fused-ring (bicyclic) bond motifs is 1. The van der Waals surface area contributed by atoms with Crippen LogP contribution in [0.1, 0.15) is 35.9 Å². The van der Waals surface area contributed by atoms with Gasteiger partial charge in [-0.3, -0.25) is 4.68 Å². The molecule has 0 radical (unpaired) electrons. The molecule has 5 nitrogen and oxygen atoms in total. The Hall–Kier alpha value is -1.80. The Labute approximate surface area is 147 Å². The molecule has 1 unspecified atom stereocenters. The van der Waals surface area contributed by atoms with Crippen LogP contribution in [0.4, 0.5) is 19.0 Å². The maximum Gasteiger partial charge on any atom is 0.417 e. The van der Waals surface area contributed by atoms with Gasteiger partial charge < -0.3 is 10.0 Å². The molecule has 1 aliphatic carbocycles. The Morgan fingerprint density at radius 3 is 2.64 bits per heavy atom. The van der Waals surface area contributed by atoms with Crippen molar-refractivity contribution in [2.45, 2.75) is 38.2 Å². The molecule has 2 aliphatic rings. The molecule has 1 aliphatic heterocycles. The highest BCUT2D eigenvalue weighted by Crippen LogP contribution is 2.41. The predicted octanol–water partition coefficient (Wildman–Crippen LogP) is 3.41. The zero-order chi connectivity index (χ0) is 17.8. The van der Waals surface area contributed by atoms with E-state index in [0.717, 1.165) is 30.8 Å². The van der Waals surface area contributed by atoms with Crippen LogP contribution in [-0.2, 0) is 19.3 Å². The summed E-state index contributed by atoms with van der Waals surface area (Å²) in [5.74, 6) is 0.616. The molecule has 134 valence electrons. The van der Waals surface area contributed by atoms with Gasteiger partial charge in [-0.15, -0.1) is 0 Å². The predicted molar refractivity (Wildman–Crippen MR) is 85.2 cm³/mol. The molecule has 2 aromatic heterocycles. The quantitative estimate of drug-likeness (QED) is 0.897. The average Bonchev–Trinajstić information content (AvgIpc) is 3.31. The first-order valence-electron chi connectivity index (χ1n) is 8.05.